The Kier molecular flexibility index (Phi) is 4.19. The Hall–Kier alpha value is -2.41. The lowest BCUT2D eigenvalue weighted by Crippen LogP contribution is -2.54. The maximum atomic E-state index is 2.51. The van der Waals surface area contributed by atoms with Gasteiger partial charge in [-0.05, 0) is 54.7 Å². The van der Waals surface area contributed by atoms with Crippen LogP contribution in [0.15, 0.2) is 60.8 Å². The molecule has 0 saturated heterocycles. The van der Waals surface area contributed by atoms with Gasteiger partial charge in [0, 0.05) is 37.5 Å². The van der Waals surface area contributed by atoms with E-state index in [4.69, 9.17) is 0 Å². The number of nitrogens with zero attached hydrogens (tertiary/aromatic N) is 1. The summed E-state index contributed by atoms with van der Waals surface area (Å²) in [7, 11) is 0. The average molecular weight is 343 g/mol. The van der Waals surface area contributed by atoms with E-state index in [0.717, 1.165) is 12.8 Å². The van der Waals surface area contributed by atoms with Gasteiger partial charge in [-0.25, -0.2) is 0 Å². The molecule has 0 amide bonds. The molecule has 0 saturated carbocycles. The number of hydrogen-bond acceptors (Lipinski definition) is 0. The van der Waals surface area contributed by atoms with Crippen molar-refractivity contribution in [3.63, 3.8) is 0 Å². The van der Waals surface area contributed by atoms with E-state index in [0.29, 0.717) is 0 Å². The van der Waals surface area contributed by atoms with Crippen LogP contribution in [-0.2, 0) is 12.0 Å². The second-order valence-corrected chi connectivity index (χ2v) is 8.00. The van der Waals surface area contributed by atoms with Gasteiger partial charge < -0.3 is 0 Å². The predicted molar refractivity (Wildman–Crippen MR) is 109 cm³/mol. The molecule has 0 spiro atoms. The van der Waals surface area contributed by atoms with Crippen LogP contribution in [0, 0.1) is 13.8 Å². The maximum Gasteiger partial charge on any atom is 0.213 e. The first-order chi connectivity index (χ1) is 12.5. The van der Waals surface area contributed by atoms with E-state index >= 15 is 0 Å². The molecule has 26 heavy (non-hydrogen) atoms. The quantitative estimate of drug-likeness (QED) is 0.503. The molecule has 1 aromatic heterocycles. The molecule has 1 unspecified atom stereocenters. The Balaban J connectivity index is 1.94. The van der Waals surface area contributed by atoms with Crippen molar-refractivity contribution >= 4 is 0 Å². The lowest BCUT2D eigenvalue weighted by atomic mass is 9.90. The van der Waals surface area contributed by atoms with Crippen molar-refractivity contribution in [1.29, 1.82) is 0 Å². The summed E-state index contributed by atoms with van der Waals surface area (Å²) < 4.78 is 2.51. The highest BCUT2D eigenvalue weighted by Crippen LogP contribution is 2.35. The first-order valence-electron chi connectivity index (χ1n) is 9.74. The van der Waals surface area contributed by atoms with Gasteiger partial charge in [-0.15, -0.1) is 0 Å². The fraction of sp³-hybridized carbons (Fsp3) is 0.320. The smallest absolute Gasteiger partial charge is 0.193 e. The molecule has 2 heterocycles. The van der Waals surface area contributed by atoms with E-state index in [1.165, 1.54) is 45.5 Å². The highest BCUT2D eigenvalue weighted by Gasteiger charge is 2.37. The van der Waals surface area contributed by atoms with Crippen molar-refractivity contribution in [2.75, 3.05) is 0 Å². The molecule has 2 aromatic carbocycles. The molecule has 1 heteroatoms. The normalized spacial score (nSPS) is 18.8. The second-order valence-electron chi connectivity index (χ2n) is 8.00. The Labute approximate surface area is 157 Å². The van der Waals surface area contributed by atoms with Crippen molar-refractivity contribution in [3.8, 4) is 22.4 Å². The largest absolute Gasteiger partial charge is 0.213 e. The molecule has 0 fully saturated rings. The molecule has 1 aliphatic heterocycles. The molecular formula is C25H28N+. The summed E-state index contributed by atoms with van der Waals surface area (Å²) in [5.41, 5.74) is 9.69. The van der Waals surface area contributed by atoms with Gasteiger partial charge in [-0.1, -0.05) is 42.8 Å². The van der Waals surface area contributed by atoms with Crippen LogP contribution in [0.5, 0.6) is 0 Å². The number of aryl methyl sites for hydroxylation is 3. The Morgan fingerprint density at radius 1 is 0.962 bits per heavy atom. The van der Waals surface area contributed by atoms with Crippen molar-refractivity contribution < 1.29 is 4.57 Å². The third-order valence-electron chi connectivity index (χ3n) is 6.23. The van der Waals surface area contributed by atoms with E-state index in [1.807, 2.05) is 0 Å². The van der Waals surface area contributed by atoms with Gasteiger partial charge in [0.25, 0.3) is 0 Å². The number of benzene rings is 2. The van der Waals surface area contributed by atoms with Crippen LogP contribution in [0.4, 0.5) is 0 Å². The summed E-state index contributed by atoms with van der Waals surface area (Å²) in [6, 6.07) is 20.4. The zero-order valence-corrected chi connectivity index (χ0v) is 16.3. The standard InChI is InChI=1S/C25H28N/c1-5-25(4)14-13-20-11-12-21(22-16-18(2)9-10-19(22)3)17-23(20)24-8-6-7-15-26(24)25/h6-12,15-17H,5,13-14H2,1-4H3/q+1. The van der Waals surface area contributed by atoms with Crippen LogP contribution in [0.3, 0.4) is 0 Å². The van der Waals surface area contributed by atoms with Crippen LogP contribution in [0.25, 0.3) is 22.4 Å². The zero-order chi connectivity index (χ0) is 18.3. The van der Waals surface area contributed by atoms with E-state index in [1.54, 1.807) is 0 Å². The number of fused-ring (bicyclic) bond motifs is 3. The first kappa shape index (κ1) is 17.0. The third kappa shape index (κ3) is 2.76. The molecule has 132 valence electrons. The summed E-state index contributed by atoms with van der Waals surface area (Å²) in [4.78, 5) is 0. The fourth-order valence-corrected chi connectivity index (χ4v) is 4.25. The maximum absolute atomic E-state index is 2.51. The van der Waals surface area contributed by atoms with Crippen molar-refractivity contribution in [3.05, 3.63) is 77.5 Å². The lowest BCUT2D eigenvalue weighted by molar-refractivity contribution is -0.752. The van der Waals surface area contributed by atoms with Gasteiger partial charge >= 0.3 is 0 Å². The zero-order valence-electron chi connectivity index (χ0n) is 16.3. The average Bonchev–Trinajstić information content (AvgIpc) is 2.79. The minimum absolute atomic E-state index is 0.176. The molecular weight excluding hydrogens is 314 g/mol. The van der Waals surface area contributed by atoms with E-state index in [-0.39, 0.29) is 5.54 Å². The minimum Gasteiger partial charge on any atom is -0.193 e. The summed E-state index contributed by atoms with van der Waals surface area (Å²) in [6.45, 7) is 9.08. The summed E-state index contributed by atoms with van der Waals surface area (Å²) in [6.07, 6.45) is 5.72. The monoisotopic (exact) mass is 342 g/mol. The van der Waals surface area contributed by atoms with E-state index in [9.17, 15) is 0 Å². The predicted octanol–water partition coefficient (Wildman–Crippen LogP) is 6.00. The first-order valence-corrected chi connectivity index (χ1v) is 9.74. The second kappa shape index (κ2) is 6.39. The van der Waals surface area contributed by atoms with Crippen LogP contribution in [0.2, 0.25) is 0 Å². The number of rotatable bonds is 2. The molecule has 0 aliphatic carbocycles. The number of pyridine rings is 1. The summed E-state index contributed by atoms with van der Waals surface area (Å²) in [5, 5.41) is 0. The summed E-state index contributed by atoms with van der Waals surface area (Å²) >= 11 is 0. The highest BCUT2D eigenvalue weighted by atomic mass is 15.0. The van der Waals surface area contributed by atoms with Gasteiger partial charge in [0.1, 0.15) is 0 Å². The Morgan fingerprint density at radius 3 is 2.62 bits per heavy atom. The van der Waals surface area contributed by atoms with E-state index < -0.39 is 0 Å². The minimum atomic E-state index is 0.176. The van der Waals surface area contributed by atoms with Gasteiger partial charge in [0.15, 0.2) is 11.7 Å². The highest BCUT2D eigenvalue weighted by molar-refractivity contribution is 5.75. The van der Waals surface area contributed by atoms with Gasteiger partial charge in [0.2, 0.25) is 5.69 Å². The third-order valence-corrected chi connectivity index (χ3v) is 6.23. The topological polar surface area (TPSA) is 3.88 Å². The molecule has 0 bridgehead atoms. The van der Waals surface area contributed by atoms with Gasteiger partial charge in [-0.3, -0.25) is 0 Å². The SMILES string of the molecule is CCC1(C)CCc2ccc(-c3cc(C)ccc3C)cc2-c2cccc[n+]21. The fourth-order valence-electron chi connectivity index (χ4n) is 4.25. The molecule has 1 atom stereocenters. The van der Waals surface area contributed by atoms with Crippen LogP contribution in [-0.4, -0.2) is 0 Å². The van der Waals surface area contributed by atoms with Crippen LogP contribution >= 0.6 is 0 Å². The number of hydrogen-bond donors (Lipinski definition) is 0. The Morgan fingerprint density at radius 2 is 1.81 bits per heavy atom. The van der Waals surface area contributed by atoms with Crippen molar-refractivity contribution in [2.24, 2.45) is 0 Å². The lowest BCUT2D eigenvalue weighted by Gasteiger charge is -2.22. The van der Waals surface area contributed by atoms with Gasteiger partial charge in [0.05, 0.1) is 0 Å². The summed E-state index contributed by atoms with van der Waals surface area (Å²) in [5.74, 6) is 0. The molecule has 0 radical (unpaired) electrons. The van der Waals surface area contributed by atoms with Crippen LogP contribution in [0.1, 0.15) is 43.4 Å². The Bertz CT molecular complexity index is 970. The van der Waals surface area contributed by atoms with Gasteiger partial charge in [-0.2, -0.15) is 4.57 Å². The molecule has 3 aromatic rings. The molecule has 0 N–H and O–H groups in total. The molecule has 1 aliphatic rings. The number of aromatic nitrogens is 1. The van der Waals surface area contributed by atoms with E-state index in [2.05, 4.69) is 93.1 Å². The van der Waals surface area contributed by atoms with Crippen molar-refractivity contribution in [2.45, 2.75) is 52.5 Å². The molecule has 1 nitrogen and oxygen atoms in total. The van der Waals surface area contributed by atoms with Crippen molar-refractivity contribution in [1.82, 2.24) is 0 Å². The van der Waals surface area contributed by atoms with Crippen LogP contribution < -0.4 is 4.57 Å². The molecule has 4 rings (SSSR count).